The Balaban J connectivity index is 1.62. The molecule has 24 heavy (non-hydrogen) atoms. The highest BCUT2D eigenvalue weighted by molar-refractivity contribution is 5.15. The highest BCUT2D eigenvalue weighted by atomic mass is 16.3. The molecule has 0 heterocycles. The first-order valence-corrected chi connectivity index (χ1v) is 10.4. The van der Waals surface area contributed by atoms with Gasteiger partial charge in [0.25, 0.3) is 0 Å². The molecule has 2 heteroatoms. The van der Waals surface area contributed by atoms with E-state index in [4.69, 9.17) is 0 Å². The van der Waals surface area contributed by atoms with Gasteiger partial charge in [0.15, 0.2) is 0 Å². The van der Waals surface area contributed by atoms with E-state index in [2.05, 4.69) is 20.4 Å². The summed E-state index contributed by atoms with van der Waals surface area (Å²) in [6.45, 7) is 8.82. The quantitative estimate of drug-likeness (QED) is 0.720. The van der Waals surface area contributed by atoms with Crippen LogP contribution in [0.4, 0.5) is 0 Å². The average Bonchev–Trinajstić information content (AvgIpc) is 2.80. The predicted octanol–water partition coefficient (Wildman–Crippen LogP) is 4.70. The molecule has 4 aliphatic carbocycles. The van der Waals surface area contributed by atoms with Crippen molar-refractivity contribution < 1.29 is 10.2 Å². The third-order valence-corrected chi connectivity index (χ3v) is 9.44. The smallest absolute Gasteiger partial charge is 0.0738 e. The van der Waals surface area contributed by atoms with Gasteiger partial charge in [0.05, 0.1) is 11.7 Å². The minimum atomic E-state index is -0.523. The minimum Gasteiger partial charge on any atom is -0.393 e. The number of aliphatic hydroxyl groups excluding tert-OH is 1. The molecule has 0 aromatic rings. The first-order chi connectivity index (χ1) is 11.3. The molecule has 8 unspecified atom stereocenters. The van der Waals surface area contributed by atoms with Gasteiger partial charge in [0.2, 0.25) is 0 Å². The van der Waals surface area contributed by atoms with Crippen LogP contribution in [0.5, 0.6) is 0 Å². The molecule has 4 rings (SSSR count). The molecule has 0 radical (unpaired) electrons. The van der Waals surface area contributed by atoms with Crippen molar-refractivity contribution in [3.63, 3.8) is 0 Å². The Morgan fingerprint density at radius 3 is 2.50 bits per heavy atom. The zero-order valence-corrected chi connectivity index (χ0v) is 15.6. The molecule has 0 spiro atoms. The Morgan fingerprint density at radius 1 is 1.00 bits per heavy atom. The number of rotatable bonds is 2. The molecule has 0 bridgehead atoms. The van der Waals surface area contributed by atoms with Crippen LogP contribution in [0.1, 0.15) is 78.1 Å². The summed E-state index contributed by atoms with van der Waals surface area (Å²) in [7, 11) is 0. The van der Waals surface area contributed by atoms with Gasteiger partial charge in [0, 0.05) is 0 Å². The SMILES string of the molecule is C=CCC1(O)CCC2C3CCC4CC(O)CCC4(C)C3CCC21C. The molecule has 0 saturated heterocycles. The molecule has 0 aliphatic heterocycles. The Bertz CT molecular complexity index is 516. The van der Waals surface area contributed by atoms with Crippen LogP contribution in [0.3, 0.4) is 0 Å². The van der Waals surface area contributed by atoms with E-state index in [1.54, 1.807) is 0 Å². The Labute approximate surface area is 147 Å². The van der Waals surface area contributed by atoms with Gasteiger partial charge in [0.1, 0.15) is 0 Å². The van der Waals surface area contributed by atoms with E-state index in [1.165, 1.54) is 38.5 Å². The lowest BCUT2D eigenvalue weighted by Crippen LogP contribution is -2.56. The van der Waals surface area contributed by atoms with E-state index in [9.17, 15) is 10.2 Å². The maximum Gasteiger partial charge on any atom is 0.0738 e. The fraction of sp³-hybridized carbons (Fsp3) is 0.909. The van der Waals surface area contributed by atoms with E-state index in [1.807, 2.05) is 6.08 Å². The van der Waals surface area contributed by atoms with Gasteiger partial charge in [-0.15, -0.1) is 6.58 Å². The van der Waals surface area contributed by atoms with E-state index in [0.717, 1.165) is 43.4 Å². The Morgan fingerprint density at radius 2 is 1.75 bits per heavy atom. The molecule has 2 N–H and O–H groups in total. The van der Waals surface area contributed by atoms with Crippen molar-refractivity contribution in [2.45, 2.75) is 89.8 Å². The van der Waals surface area contributed by atoms with Gasteiger partial charge in [-0.1, -0.05) is 19.9 Å². The van der Waals surface area contributed by atoms with Crippen molar-refractivity contribution in [2.75, 3.05) is 0 Å². The van der Waals surface area contributed by atoms with E-state index >= 15 is 0 Å². The summed E-state index contributed by atoms with van der Waals surface area (Å²) in [4.78, 5) is 0. The first kappa shape index (κ1) is 17.1. The highest BCUT2D eigenvalue weighted by Gasteiger charge is 2.64. The van der Waals surface area contributed by atoms with Crippen molar-refractivity contribution in [1.82, 2.24) is 0 Å². The van der Waals surface area contributed by atoms with Crippen molar-refractivity contribution in [3.8, 4) is 0 Å². The minimum absolute atomic E-state index is 0.0577. The summed E-state index contributed by atoms with van der Waals surface area (Å²) >= 11 is 0. The normalized spacial score (nSPS) is 56.9. The van der Waals surface area contributed by atoms with Gasteiger partial charge in [-0.2, -0.15) is 0 Å². The molecule has 0 aromatic heterocycles. The monoisotopic (exact) mass is 332 g/mol. The van der Waals surface area contributed by atoms with Crippen LogP contribution in [0.2, 0.25) is 0 Å². The fourth-order valence-corrected chi connectivity index (χ4v) is 7.92. The second kappa shape index (κ2) is 5.58. The van der Waals surface area contributed by atoms with Gasteiger partial charge in [-0.05, 0) is 98.7 Å². The summed E-state index contributed by atoms with van der Waals surface area (Å²) < 4.78 is 0. The zero-order chi connectivity index (χ0) is 17.2. The predicted molar refractivity (Wildman–Crippen MR) is 97.5 cm³/mol. The molecule has 4 aliphatic rings. The van der Waals surface area contributed by atoms with Crippen LogP contribution in [-0.2, 0) is 0 Å². The van der Waals surface area contributed by atoms with E-state index in [0.29, 0.717) is 11.3 Å². The largest absolute Gasteiger partial charge is 0.393 e. The molecule has 4 saturated carbocycles. The van der Waals surface area contributed by atoms with Crippen LogP contribution in [0.25, 0.3) is 0 Å². The van der Waals surface area contributed by atoms with Crippen molar-refractivity contribution >= 4 is 0 Å². The van der Waals surface area contributed by atoms with Crippen molar-refractivity contribution in [1.29, 1.82) is 0 Å². The van der Waals surface area contributed by atoms with Crippen LogP contribution < -0.4 is 0 Å². The number of aliphatic hydroxyl groups is 2. The molecule has 0 aromatic carbocycles. The van der Waals surface area contributed by atoms with Crippen LogP contribution in [-0.4, -0.2) is 21.9 Å². The second-order valence-electron chi connectivity index (χ2n) is 10.1. The van der Waals surface area contributed by atoms with Crippen LogP contribution in [0, 0.1) is 34.5 Å². The van der Waals surface area contributed by atoms with Crippen molar-refractivity contribution in [2.24, 2.45) is 34.5 Å². The van der Waals surface area contributed by atoms with Gasteiger partial charge >= 0.3 is 0 Å². The average molecular weight is 333 g/mol. The molecule has 2 nitrogen and oxygen atoms in total. The number of hydrogen-bond acceptors (Lipinski definition) is 2. The second-order valence-corrected chi connectivity index (χ2v) is 10.1. The van der Waals surface area contributed by atoms with Crippen LogP contribution >= 0.6 is 0 Å². The maximum atomic E-state index is 11.4. The molecule has 8 atom stereocenters. The fourth-order valence-electron chi connectivity index (χ4n) is 7.92. The lowest BCUT2D eigenvalue weighted by molar-refractivity contribution is -0.157. The van der Waals surface area contributed by atoms with E-state index in [-0.39, 0.29) is 11.5 Å². The first-order valence-electron chi connectivity index (χ1n) is 10.4. The lowest BCUT2D eigenvalue weighted by atomic mass is 9.44. The zero-order valence-electron chi connectivity index (χ0n) is 15.6. The molecular weight excluding hydrogens is 296 g/mol. The van der Waals surface area contributed by atoms with Gasteiger partial charge in [-0.3, -0.25) is 0 Å². The summed E-state index contributed by atoms with van der Waals surface area (Å²) in [5, 5.41) is 21.5. The molecule has 136 valence electrons. The summed E-state index contributed by atoms with van der Waals surface area (Å²) in [5.74, 6) is 3.01. The van der Waals surface area contributed by atoms with E-state index < -0.39 is 5.60 Å². The number of fused-ring (bicyclic) bond motifs is 5. The summed E-state index contributed by atoms with van der Waals surface area (Å²) in [6.07, 6.45) is 13.1. The Hall–Kier alpha value is -0.340. The maximum absolute atomic E-state index is 11.4. The van der Waals surface area contributed by atoms with Gasteiger partial charge < -0.3 is 10.2 Å². The number of hydrogen-bond donors (Lipinski definition) is 2. The third kappa shape index (κ3) is 2.14. The Kier molecular flexibility index (Phi) is 3.97. The molecular formula is C22H36O2. The standard InChI is InChI=1S/C22H36O2/c1-4-10-22(24)13-9-19-17-6-5-15-14-16(23)7-11-20(15,2)18(17)8-12-21(19,22)3/h4,15-19,23-24H,1,5-14H2,2-3H3. The van der Waals surface area contributed by atoms with Crippen molar-refractivity contribution in [3.05, 3.63) is 12.7 Å². The van der Waals surface area contributed by atoms with Gasteiger partial charge in [-0.25, -0.2) is 0 Å². The summed E-state index contributed by atoms with van der Waals surface area (Å²) in [6, 6.07) is 0. The lowest BCUT2D eigenvalue weighted by Gasteiger charge is -2.61. The molecule has 4 fully saturated rings. The highest BCUT2D eigenvalue weighted by Crippen LogP contribution is 2.68. The summed E-state index contributed by atoms with van der Waals surface area (Å²) in [5.41, 5.74) is -0.00669. The molecule has 0 amide bonds. The topological polar surface area (TPSA) is 40.5 Å². The third-order valence-electron chi connectivity index (χ3n) is 9.44. The van der Waals surface area contributed by atoms with Crippen LogP contribution in [0.15, 0.2) is 12.7 Å².